The summed E-state index contributed by atoms with van der Waals surface area (Å²) in [7, 11) is 1.68. The van der Waals surface area contributed by atoms with Gasteiger partial charge in [-0.25, -0.2) is 0 Å². The Bertz CT molecular complexity index is 145. The molecule has 0 saturated heterocycles. The first-order chi connectivity index (χ1) is 4.68. The molecule has 0 amide bonds. The van der Waals surface area contributed by atoms with Crippen molar-refractivity contribution in [2.75, 3.05) is 13.7 Å². The fraction of sp³-hybridized carbons (Fsp3) is 0.833. The van der Waals surface area contributed by atoms with Crippen molar-refractivity contribution < 1.29 is 4.74 Å². The summed E-state index contributed by atoms with van der Waals surface area (Å²) in [6.45, 7) is 0.699. The van der Waals surface area contributed by atoms with E-state index in [1.165, 1.54) is 0 Å². The highest BCUT2D eigenvalue weighted by molar-refractivity contribution is 7.80. The number of hydrogen-bond acceptors (Lipinski definition) is 2. The number of hydrogen-bond donors (Lipinski definition) is 2. The fourth-order valence-corrected chi connectivity index (χ4v) is 1.21. The molecule has 0 spiro atoms. The molecule has 10 heavy (non-hydrogen) atoms. The van der Waals surface area contributed by atoms with Crippen molar-refractivity contribution in [3.63, 3.8) is 0 Å². The molecular formula is C6H12N2OS. The van der Waals surface area contributed by atoms with Gasteiger partial charge in [-0.3, -0.25) is 0 Å². The zero-order chi connectivity index (χ0) is 7.61. The Kier molecular flexibility index (Phi) is 2.11. The first kappa shape index (κ1) is 7.75. The maximum Gasteiger partial charge on any atom is 0.164 e. The van der Waals surface area contributed by atoms with Crippen LogP contribution < -0.4 is 11.1 Å². The summed E-state index contributed by atoms with van der Waals surface area (Å²) in [5.74, 6) is 0. The number of nitrogens with one attached hydrogen (secondary N) is 1. The predicted molar refractivity (Wildman–Crippen MR) is 43.8 cm³/mol. The lowest BCUT2D eigenvalue weighted by Crippen LogP contribution is -2.43. The highest BCUT2D eigenvalue weighted by atomic mass is 32.1. The number of thiocarbonyl (C=S) groups is 1. The Labute approximate surface area is 65.9 Å². The first-order valence-corrected chi connectivity index (χ1v) is 3.66. The molecule has 3 nitrogen and oxygen atoms in total. The van der Waals surface area contributed by atoms with E-state index in [4.69, 9.17) is 22.7 Å². The van der Waals surface area contributed by atoms with Gasteiger partial charge in [0.1, 0.15) is 0 Å². The molecule has 4 heteroatoms. The van der Waals surface area contributed by atoms with Crippen molar-refractivity contribution >= 4 is 17.3 Å². The van der Waals surface area contributed by atoms with E-state index < -0.39 is 0 Å². The SMILES string of the molecule is COCC1(NC(N)=S)CC1. The third kappa shape index (κ3) is 1.82. The van der Waals surface area contributed by atoms with Crippen LogP contribution in [0.25, 0.3) is 0 Å². The van der Waals surface area contributed by atoms with E-state index in [9.17, 15) is 0 Å². The third-order valence-corrected chi connectivity index (χ3v) is 1.76. The van der Waals surface area contributed by atoms with Crippen LogP contribution in [0.15, 0.2) is 0 Å². The minimum Gasteiger partial charge on any atom is -0.382 e. The van der Waals surface area contributed by atoms with Gasteiger partial charge in [0.25, 0.3) is 0 Å². The molecular weight excluding hydrogens is 148 g/mol. The fourth-order valence-electron chi connectivity index (χ4n) is 0.994. The van der Waals surface area contributed by atoms with Crippen LogP contribution in [0.4, 0.5) is 0 Å². The minimum atomic E-state index is 0.0839. The molecule has 0 atom stereocenters. The minimum absolute atomic E-state index is 0.0839. The molecule has 0 aromatic carbocycles. The van der Waals surface area contributed by atoms with Gasteiger partial charge < -0.3 is 15.8 Å². The predicted octanol–water partition coefficient (Wildman–Crippen LogP) is -0.00140. The molecule has 0 radical (unpaired) electrons. The first-order valence-electron chi connectivity index (χ1n) is 3.25. The van der Waals surface area contributed by atoms with Gasteiger partial charge in [-0.2, -0.15) is 0 Å². The zero-order valence-electron chi connectivity index (χ0n) is 6.02. The van der Waals surface area contributed by atoms with Crippen LogP contribution in [-0.4, -0.2) is 24.4 Å². The van der Waals surface area contributed by atoms with Crippen LogP contribution in [0.5, 0.6) is 0 Å². The Balaban J connectivity index is 2.30. The van der Waals surface area contributed by atoms with Crippen molar-refractivity contribution in [1.82, 2.24) is 5.32 Å². The van der Waals surface area contributed by atoms with Crippen molar-refractivity contribution in [2.24, 2.45) is 5.73 Å². The lowest BCUT2D eigenvalue weighted by atomic mass is 10.3. The third-order valence-electron chi connectivity index (χ3n) is 1.66. The summed E-state index contributed by atoms with van der Waals surface area (Å²) in [5.41, 5.74) is 5.40. The van der Waals surface area contributed by atoms with Gasteiger partial charge in [0, 0.05) is 7.11 Å². The summed E-state index contributed by atoms with van der Waals surface area (Å²) >= 11 is 4.71. The molecule has 0 heterocycles. The van der Waals surface area contributed by atoms with Gasteiger partial charge in [0.2, 0.25) is 0 Å². The van der Waals surface area contributed by atoms with Crippen LogP contribution in [0.2, 0.25) is 0 Å². The van der Waals surface area contributed by atoms with Crippen molar-refractivity contribution in [2.45, 2.75) is 18.4 Å². The van der Waals surface area contributed by atoms with Crippen LogP contribution in [0.1, 0.15) is 12.8 Å². The van der Waals surface area contributed by atoms with E-state index >= 15 is 0 Å². The maximum absolute atomic E-state index is 5.31. The Morgan fingerprint density at radius 1 is 1.80 bits per heavy atom. The number of rotatable bonds is 3. The zero-order valence-corrected chi connectivity index (χ0v) is 6.83. The molecule has 0 unspecified atom stereocenters. The number of ether oxygens (including phenoxy) is 1. The Hall–Kier alpha value is -0.350. The van der Waals surface area contributed by atoms with E-state index in [0.717, 1.165) is 12.8 Å². The lowest BCUT2D eigenvalue weighted by molar-refractivity contribution is 0.166. The van der Waals surface area contributed by atoms with Gasteiger partial charge in [-0.15, -0.1) is 0 Å². The summed E-state index contributed by atoms with van der Waals surface area (Å²) in [5, 5.41) is 3.39. The molecule has 0 bridgehead atoms. The molecule has 0 aromatic heterocycles. The monoisotopic (exact) mass is 160 g/mol. The molecule has 0 aromatic rings. The lowest BCUT2D eigenvalue weighted by Gasteiger charge is -2.15. The largest absolute Gasteiger partial charge is 0.382 e. The normalized spacial score (nSPS) is 20.1. The Morgan fingerprint density at radius 3 is 2.70 bits per heavy atom. The molecule has 1 aliphatic rings. The van der Waals surface area contributed by atoms with E-state index in [0.29, 0.717) is 11.7 Å². The molecule has 1 saturated carbocycles. The van der Waals surface area contributed by atoms with Crippen LogP contribution >= 0.6 is 12.2 Å². The Morgan fingerprint density at radius 2 is 2.40 bits per heavy atom. The topological polar surface area (TPSA) is 47.3 Å². The van der Waals surface area contributed by atoms with E-state index in [2.05, 4.69) is 5.32 Å². The van der Waals surface area contributed by atoms with Crippen molar-refractivity contribution in [3.8, 4) is 0 Å². The quantitative estimate of drug-likeness (QED) is 0.570. The second kappa shape index (κ2) is 2.72. The van der Waals surface area contributed by atoms with Gasteiger partial charge in [0.15, 0.2) is 5.11 Å². The maximum atomic E-state index is 5.31. The van der Waals surface area contributed by atoms with E-state index in [1.54, 1.807) is 7.11 Å². The average molecular weight is 160 g/mol. The second-order valence-corrected chi connectivity index (χ2v) is 3.14. The van der Waals surface area contributed by atoms with Gasteiger partial charge in [-0.05, 0) is 25.1 Å². The molecule has 1 fully saturated rings. The summed E-state index contributed by atoms with van der Waals surface area (Å²) < 4.78 is 4.99. The molecule has 0 aliphatic heterocycles. The van der Waals surface area contributed by atoms with Gasteiger partial charge in [-0.1, -0.05) is 0 Å². The number of nitrogens with two attached hydrogens (primary N) is 1. The van der Waals surface area contributed by atoms with Gasteiger partial charge >= 0.3 is 0 Å². The average Bonchev–Trinajstić information content (AvgIpc) is 2.47. The summed E-state index contributed by atoms with van der Waals surface area (Å²) in [6.07, 6.45) is 2.22. The number of methoxy groups -OCH3 is 1. The van der Waals surface area contributed by atoms with Crippen molar-refractivity contribution in [1.29, 1.82) is 0 Å². The summed E-state index contributed by atoms with van der Waals surface area (Å²) in [6, 6.07) is 0. The smallest absolute Gasteiger partial charge is 0.164 e. The standard InChI is InChI=1S/C6H12N2OS/c1-9-4-6(2-3-6)8-5(7)10/h2-4H2,1H3,(H3,7,8,10). The van der Waals surface area contributed by atoms with E-state index in [-0.39, 0.29) is 5.54 Å². The molecule has 1 aliphatic carbocycles. The van der Waals surface area contributed by atoms with Crippen molar-refractivity contribution in [3.05, 3.63) is 0 Å². The highest BCUT2D eigenvalue weighted by Crippen LogP contribution is 2.35. The van der Waals surface area contributed by atoms with Crippen LogP contribution in [0.3, 0.4) is 0 Å². The molecule has 3 N–H and O–H groups in total. The summed E-state index contributed by atoms with van der Waals surface area (Å²) in [4.78, 5) is 0. The van der Waals surface area contributed by atoms with E-state index in [1.807, 2.05) is 0 Å². The van der Waals surface area contributed by atoms with Crippen LogP contribution in [0, 0.1) is 0 Å². The highest BCUT2D eigenvalue weighted by Gasteiger charge is 2.42. The second-order valence-electron chi connectivity index (χ2n) is 2.70. The van der Waals surface area contributed by atoms with Crippen LogP contribution in [-0.2, 0) is 4.74 Å². The molecule has 1 rings (SSSR count). The molecule has 58 valence electrons. The van der Waals surface area contributed by atoms with Gasteiger partial charge in [0.05, 0.1) is 12.1 Å².